The van der Waals surface area contributed by atoms with Crippen LogP contribution in [-0.4, -0.2) is 22.8 Å². The van der Waals surface area contributed by atoms with Crippen LogP contribution in [0.25, 0.3) is 22.2 Å². The quantitative estimate of drug-likeness (QED) is 0.215. The predicted octanol–water partition coefficient (Wildman–Crippen LogP) is 8.08. The standard InChI is InChI=1S/C30H22BrClN4O/c1-37-24-13-10-19(11-14-24)27-18-28(21-8-5-9-22(31)16-21)36(35-27)30-33-26-15-12-23(32)17-25(26)29(34-30)20-6-3-2-4-7-20/h2-17,28H,18H2,1H3/t28-/m1/s1. The summed E-state index contributed by atoms with van der Waals surface area (Å²) in [5, 5.41) is 8.57. The number of methoxy groups -OCH3 is 1. The number of aromatic nitrogens is 2. The minimum atomic E-state index is -0.0667. The van der Waals surface area contributed by atoms with E-state index in [1.807, 2.05) is 89.9 Å². The van der Waals surface area contributed by atoms with Crippen molar-refractivity contribution in [2.24, 2.45) is 5.10 Å². The molecule has 0 unspecified atom stereocenters. The average Bonchev–Trinajstić information content (AvgIpc) is 3.39. The number of fused-ring (bicyclic) bond motifs is 1. The van der Waals surface area contributed by atoms with E-state index in [2.05, 4.69) is 28.1 Å². The third-order valence-corrected chi connectivity index (χ3v) is 7.19. The number of anilines is 1. The number of rotatable bonds is 5. The van der Waals surface area contributed by atoms with Crippen molar-refractivity contribution in [1.29, 1.82) is 0 Å². The van der Waals surface area contributed by atoms with Crippen molar-refractivity contribution in [2.45, 2.75) is 12.5 Å². The molecule has 1 aliphatic rings. The molecule has 0 bridgehead atoms. The summed E-state index contributed by atoms with van der Waals surface area (Å²) in [5.74, 6) is 1.36. The van der Waals surface area contributed by atoms with E-state index in [0.29, 0.717) is 17.4 Å². The first-order valence-electron chi connectivity index (χ1n) is 11.9. The summed E-state index contributed by atoms with van der Waals surface area (Å²) in [5.41, 5.74) is 5.77. The molecular formula is C30H22BrClN4O. The topological polar surface area (TPSA) is 50.6 Å². The van der Waals surface area contributed by atoms with Gasteiger partial charge in [0.15, 0.2) is 0 Å². The molecule has 0 radical (unpaired) electrons. The van der Waals surface area contributed by atoms with E-state index in [4.69, 9.17) is 31.4 Å². The Morgan fingerprint density at radius 3 is 2.43 bits per heavy atom. The van der Waals surface area contributed by atoms with Crippen molar-refractivity contribution in [1.82, 2.24) is 9.97 Å². The lowest BCUT2D eigenvalue weighted by molar-refractivity contribution is 0.415. The van der Waals surface area contributed by atoms with E-state index >= 15 is 0 Å². The molecule has 0 fully saturated rings. The molecule has 5 aromatic rings. The summed E-state index contributed by atoms with van der Waals surface area (Å²) in [4.78, 5) is 10.0. The Hall–Kier alpha value is -3.74. The SMILES string of the molecule is COc1ccc(C2=NN(c3nc(-c4ccccc4)c4cc(Cl)ccc4n3)[C@@H](c3cccc(Br)c3)C2)cc1. The van der Waals surface area contributed by atoms with Crippen LogP contribution in [0.3, 0.4) is 0 Å². The molecule has 0 N–H and O–H groups in total. The van der Waals surface area contributed by atoms with Gasteiger partial charge in [-0.1, -0.05) is 70.0 Å². The van der Waals surface area contributed by atoms with Crippen LogP contribution in [0, 0.1) is 0 Å². The smallest absolute Gasteiger partial charge is 0.247 e. The van der Waals surface area contributed by atoms with Gasteiger partial charge in [0.05, 0.1) is 30.1 Å². The second-order valence-corrected chi connectivity index (χ2v) is 10.1. The molecule has 0 saturated heterocycles. The molecule has 0 spiro atoms. The van der Waals surface area contributed by atoms with E-state index < -0.39 is 0 Å². The van der Waals surface area contributed by atoms with Gasteiger partial charge in [0.2, 0.25) is 5.95 Å². The molecular weight excluding hydrogens is 548 g/mol. The van der Waals surface area contributed by atoms with Crippen LogP contribution >= 0.6 is 27.5 Å². The first kappa shape index (κ1) is 23.6. The summed E-state index contributed by atoms with van der Waals surface area (Å²) in [6, 6.07) is 32.1. The van der Waals surface area contributed by atoms with E-state index in [1.165, 1.54) is 0 Å². The molecule has 0 saturated carbocycles. The van der Waals surface area contributed by atoms with Crippen molar-refractivity contribution in [3.8, 4) is 17.0 Å². The molecule has 4 aromatic carbocycles. The normalized spacial score (nSPS) is 15.2. The van der Waals surface area contributed by atoms with Crippen LogP contribution in [0.1, 0.15) is 23.6 Å². The monoisotopic (exact) mass is 568 g/mol. The lowest BCUT2D eigenvalue weighted by atomic mass is 9.98. The Balaban J connectivity index is 1.52. The molecule has 7 heteroatoms. The summed E-state index contributed by atoms with van der Waals surface area (Å²) >= 11 is 10.00. The third kappa shape index (κ3) is 4.70. The van der Waals surface area contributed by atoms with Crippen molar-refractivity contribution in [3.05, 3.63) is 118 Å². The fourth-order valence-electron chi connectivity index (χ4n) is 4.63. The van der Waals surface area contributed by atoms with Gasteiger partial charge in [-0.2, -0.15) is 5.10 Å². The fourth-order valence-corrected chi connectivity index (χ4v) is 5.22. The summed E-state index contributed by atoms with van der Waals surface area (Å²) in [6.45, 7) is 0. The predicted molar refractivity (Wildman–Crippen MR) is 153 cm³/mol. The molecule has 1 atom stereocenters. The van der Waals surface area contributed by atoms with Crippen LogP contribution in [0.5, 0.6) is 5.75 Å². The van der Waals surface area contributed by atoms with Crippen molar-refractivity contribution >= 4 is 50.1 Å². The van der Waals surface area contributed by atoms with Gasteiger partial charge in [0.1, 0.15) is 5.75 Å². The zero-order valence-electron chi connectivity index (χ0n) is 20.0. The van der Waals surface area contributed by atoms with Crippen molar-refractivity contribution < 1.29 is 4.74 Å². The molecule has 182 valence electrons. The number of nitrogens with zero attached hydrogens (tertiary/aromatic N) is 4. The molecule has 1 aliphatic heterocycles. The highest BCUT2D eigenvalue weighted by molar-refractivity contribution is 9.10. The molecule has 6 rings (SSSR count). The first-order valence-corrected chi connectivity index (χ1v) is 13.1. The van der Waals surface area contributed by atoms with E-state index in [-0.39, 0.29) is 6.04 Å². The van der Waals surface area contributed by atoms with Gasteiger partial charge in [-0.05, 0) is 65.7 Å². The minimum absolute atomic E-state index is 0.0667. The highest BCUT2D eigenvalue weighted by Gasteiger charge is 2.32. The second kappa shape index (κ2) is 9.96. The van der Waals surface area contributed by atoms with Gasteiger partial charge in [-0.25, -0.2) is 15.0 Å². The van der Waals surface area contributed by atoms with E-state index in [1.54, 1.807) is 7.11 Å². The molecule has 0 amide bonds. The Bertz CT molecular complexity index is 1620. The van der Waals surface area contributed by atoms with Gasteiger partial charge in [0.25, 0.3) is 0 Å². The number of halogens is 2. The van der Waals surface area contributed by atoms with Crippen LogP contribution in [0.15, 0.2) is 107 Å². The molecule has 37 heavy (non-hydrogen) atoms. The number of benzene rings is 4. The van der Waals surface area contributed by atoms with E-state index in [9.17, 15) is 0 Å². The van der Waals surface area contributed by atoms with Gasteiger partial charge in [-0.15, -0.1) is 0 Å². The second-order valence-electron chi connectivity index (χ2n) is 8.79. The maximum absolute atomic E-state index is 6.37. The maximum Gasteiger partial charge on any atom is 0.247 e. The first-order chi connectivity index (χ1) is 18.1. The van der Waals surface area contributed by atoms with Gasteiger partial charge < -0.3 is 4.74 Å². The Kier molecular flexibility index (Phi) is 6.37. The molecule has 5 nitrogen and oxygen atoms in total. The lowest BCUT2D eigenvalue weighted by Crippen LogP contribution is -2.21. The van der Waals surface area contributed by atoms with Gasteiger partial charge in [-0.3, -0.25) is 0 Å². The number of hydrogen-bond donors (Lipinski definition) is 0. The van der Waals surface area contributed by atoms with E-state index in [0.717, 1.165) is 49.2 Å². The zero-order chi connectivity index (χ0) is 25.4. The molecule has 2 heterocycles. The van der Waals surface area contributed by atoms with Gasteiger partial charge >= 0.3 is 0 Å². The molecule has 1 aromatic heterocycles. The number of hydrazone groups is 1. The molecule has 0 aliphatic carbocycles. The number of ether oxygens (including phenoxy) is 1. The highest BCUT2D eigenvalue weighted by atomic mass is 79.9. The minimum Gasteiger partial charge on any atom is -0.497 e. The Morgan fingerprint density at radius 2 is 1.68 bits per heavy atom. The van der Waals surface area contributed by atoms with Crippen molar-refractivity contribution in [2.75, 3.05) is 12.1 Å². The maximum atomic E-state index is 6.37. The third-order valence-electron chi connectivity index (χ3n) is 6.47. The average molecular weight is 570 g/mol. The van der Waals surface area contributed by atoms with Crippen LogP contribution in [0.2, 0.25) is 5.02 Å². The summed E-state index contributed by atoms with van der Waals surface area (Å²) in [6.07, 6.45) is 0.714. The summed E-state index contributed by atoms with van der Waals surface area (Å²) < 4.78 is 6.36. The largest absolute Gasteiger partial charge is 0.497 e. The van der Waals surface area contributed by atoms with Crippen LogP contribution < -0.4 is 9.75 Å². The zero-order valence-corrected chi connectivity index (χ0v) is 22.3. The lowest BCUT2D eigenvalue weighted by Gasteiger charge is -2.23. The highest BCUT2D eigenvalue weighted by Crippen LogP contribution is 2.38. The fraction of sp³-hybridized carbons (Fsp3) is 0.100. The Morgan fingerprint density at radius 1 is 0.865 bits per heavy atom. The Labute approximate surface area is 228 Å². The van der Waals surface area contributed by atoms with Crippen LogP contribution in [0.4, 0.5) is 5.95 Å². The van der Waals surface area contributed by atoms with Crippen LogP contribution in [-0.2, 0) is 0 Å². The van der Waals surface area contributed by atoms with Gasteiger partial charge in [0, 0.05) is 26.9 Å². The van der Waals surface area contributed by atoms with Crippen molar-refractivity contribution in [3.63, 3.8) is 0 Å². The summed E-state index contributed by atoms with van der Waals surface area (Å²) in [7, 11) is 1.67. The number of hydrogen-bond acceptors (Lipinski definition) is 5.